The molecule has 1 aromatic heterocycles. The van der Waals surface area contributed by atoms with Crippen molar-refractivity contribution >= 4 is 11.6 Å². The Morgan fingerprint density at radius 1 is 1.30 bits per heavy atom. The van der Waals surface area contributed by atoms with Crippen LogP contribution in [0.15, 0.2) is 41.0 Å². The molecule has 0 saturated heterocycles. The van der Waals surface area contributed by atoms with Gasteiger partial charge in [-0.15, -0.1) is 0 Å². The molecule has 0 radical (unpaired) electrons. The number of furan rings is 1. The molecule has 0 aliphatic carbocycles. The Morgan fingerprint density at radius 3 is 2.60 bits per heavy atom. The SMILES string of the molecule is Cc1cc(C)cc(NC(=O)C[NH2+][C@H](C)c2ccco2)c1. The molecular weight excluding hydrogens is 252 g/mol. The number of benzene rings is 1. The van der Waals surface area contributed by atoms with Gasteiger partial charge in [0.05, 0.1) is 6.26 Å². The van der Waals surface area contributed by atoms with E-state index in [1.807, 2.05) is 50.4 Å². The van der Waals surface area contributed by atoms with Gasteiger partial charge in [-0.05, 0) is 56.2 Å². The highest BCUT2D eigenvalue weighted by Gasteiger charge is 2.13. The third-order valence-electron chi connectivity index (χ3n) is 3.15. The van der Waals surface area contributed by atoms with Gasteiger partial charge in [-0.2, -0.15) is 0 Å². The lowest BCUT2D eigenvalue weighted by Gasteiger charge is -2.09. The Bertz CT molecular complexity index is 556. The van der Waals surface area contributed by atoms with E-state index in [-0.39, 0.29) is 11.9 Å². The zero-order valence-electron chi connectivity index (χ0n) is 12.1. The van der Waals surface area contributed by atoms with Gasteiger partial charge in [0.15, 0.2) is 12.3 Å². The first-order chi connectivity index (χ1) is 9.54. The minimum atomic E-state index is -0.00611. The van der Waals surface area contributed by atoms with E-state index in [4.69, 9.17) is 4.42 Å². The summed E-state index contributed by atoms with van der Waals surface area (Å²) in [7, 11) is 0. The highest BCUT2D eigenvalue weighted by Crippen LogP contribution is 2.13. The summed E-state index contributed by atoms with van der Waals surface area (Å²) in [6.45, 7) is 6.43. The van der Waals surface area contributed by atoms with Crippen molar-refractivity contribution in [3.05, 3.63) is 53.5 Å². The fraction of sp³-hybridized carbons (Fsp3) is 0.312. The maximum absolute atomic E-state index is 11.9. The van der Waals surface area contributed by atoms with Crippen LogP contribution in [0.4, 0.5) is 5.69 Å². The first kappa shape index (κ1) is 14.3. The van der Waals surface area contributed by atoms with Crippen molar-refractivity contribution in [2.24, 2.45) is 0 Å². The molecule has 1 atom stereocenters. The summed E-state index contributed by atoms with van der Waals surface area (Å²) >= 11 is 0. The first-order valence-corrected chi connectivity index (χ1v) is 6.79. The molecular formula is C16H21N2O2+. The number of amides is 1. The van der Waals surface area contributed by atoms with Crippen LogP contribution in [0.5, 0.6) is 0 Å². The maximum Gasteiger partial charge on any atom is 0.279 e. The van der Waals surface area contributed by atoms with Crippen LogP contribution in [0.25, 0.3) is 0 Å². The van der Waals surface area contributed by atoms with Gasteiger partial charge in [0.2, 0.25) is 0 Å². The molecule has 0 fully saturated rings. The molecule has 0 spiro atoms. The zero-order chi connectivity index (χ0) is 14.5. The normalized spacial score (nSPS) is 12.2. The van der Waals surface area contributed by atoms with E-state index in [0.717, 1.165) is 22.6 Å². The third-order valence-corrected chi connectivity index (χ3v) is 3.15. The number of nitrogens with one attached hydrogen (secondary N) is 1. The summed E-state index contributed by atoms with van der Waals surface area (Å²) in [4.78, 5) is 11.9. The summed E-state index contributed by atoms with van der Waals surface area (Å²) in [5, 5.41) is 4.88. The van der Waals surface area contributed by atoms with E-state index in [9.17, 15) is 4.79 Å². The van der Waals surface area contributed by atoms with Crippen LogP contribution in [-0.2, 0) is 4.79 Å². The molecule has 0 unspecified atom stereocenters. The van der Waals surface area contributed by atoms with Crippen molar-refractivity contribution < 1.29 is 14.5 Å². The van der Waals surface area contributed by atoms with E-state index >= 15 is 0 Å². The molecule has 3 N–H and O–H groups in total. The van der Waals surface area contributed by atoms with Gasteiger partial charge in [-0.1, -0.05) is 6.07 Å². The predicted octanol–water partition coefficient (Wildman–Crippen LogP) is 2.16. The summed E-state index contributed by atoms with van der Waals surface area (Å²) in [6, 6.07) is 9.94. The number of anilines is 1. The third kappa shape index (κ3) is 3.96. The fourth-order valence-electron chi connectivity index (χ4n) is 2.21. The minimum Gasteiger partial charge on any atom is -0.463 e. The van der Waals surface area contributed by atoms with Crippen molar-refractivity contribution in [2.45, 2.75) is 26.8 Å². The Kier molecular flexibility index (Phi) is 4.58. The molecule has 0 aliphatic rings. The van der Waals surface area contributed by atoms with Gasteiger partial charge < -0.3 is 15.1 Å². The van der Waals surface area contributed by atoms with Gasteiger partial charge in [-0.25, -0.2) is 0 Å². The molecule has 0 bridgehead atoms. The number of hydrogen-bond donors (Lipinski definition) is 2. The largest absolute Gasteiger partial charge is 0.463 e. The summed E-state index contributed by atoms with van der Waals surface area (Å²) in [6.07, 6.45) is 1.65. The molecule has 4 nitrogen and oxygen atoms in total. The summed E-state index contributed by atoms with van der Waals surface area (Å²) in [5.74, 6) is 0.873. The van der Waals surface area contributed by atoms with Gasteiger partial charge in [-0.3, -0.25) is 4.79 Å². The Balaban J connectivity index is 1.86. The Hall–Kier alpha value is -2.07. The summed E-state index contributed by atoms with van der Waals surface area (Å²) in [5.41, 5.74) is 3.15. The summed E-state index contributed by atoms with van der Waals surface area (Å²) < 4.78 is 5.31. The quantitative estimate of drug-likeness (QED) is 0.877. The van der Waals surface area contributed by atoms with Crippen LogP contribution in [0, 0.1) is 13.8 Å². The molecule has 4 heteroatoms. The van der Waals surface area contributed by atoms with Gasteiger partial charge in [0.25, 0.3) is 5.91 Å². The van der Waals surface area contributed by atoms with Gasteiger partial charge >= 0.3 is 0 Å². The van der Waals surface area contributed by atoms with Crippen molar-refractivity contribution in [1.29, 1.82) is 0 Å². The van der Waals surface area contributed by atoms with Crippen molar-refractivity contribution in [1.82, 2.24) is 0 Å². The van der Waals surface area contributed by atoms with Crippen LogP contribution >= 0.6 is 0 Å². The first-order valence-electron chi connectivity index (χ1n) is 6.79. The number of rotatable bonds is 5. The smallest absolute Gasteiger partial charge is 0.279 e. The van der Waals surface area contributed by atoms with Gasteiger partial charge in [0, 0.05) is 5.69 Å². The average molecular weight is 273 g/mol. The monoisotopic (exact) mass is 273 g/mol. The van der Waals surface area contributed by atoms with Crippen LogP contribution in [-0.4, -0.2) is 12.5 Å². The number of nitrogens with two attached hydrogens (primary N) is 1. The molecule has 20 heavy (non-hydrogen) atoms. The molecule has 1 amide bonds. The van der Waals surface area contributed by atoms with E-state index < -0.39 is 0 Å². The van der Waals surface area contributed by atoms with Crippen molar-refractivity contribution in [3.63, 3.8) is 0 Å². The predicted molar refractivity (Wildman–Crippen MR) is 78.5 cm³/mol. The fourth-order valence-corrected chi connectivity index (χ4v) is 2.21. The van der Waals surface area contributed by atoms with Crippen molar-refractivity contribution in [2.75, 3.05) is 11.9 Å². The molecule has 2 rings (SSSR count). The molecule has 0 saturated carbocycles. The highest BCUT2D eigenvalue weighted by atomic mass is 16.3. The lowest BCUT2D eigenvalue weighted by atomic mass is 10.1. The number of aryl methyl sites for hydroxylation is 2. The maximum atomic E-state index is 11.9. The standard InChI is InChI=1S/C16H20N2O2/c1-11-7-12(2)9-14(8-11)18-16(19)10-17-13(3)15-5-4-6-20-15/h4-9,13,17H,10H2,1-3H3,(H,18,19)/p+1/t13-/m1/s1. The van der Waals surface area contributed by atoms with E-state index in [1.165, 1.54) is 0 Å². The number of hydrogen-bond acceptors (Lipinski definition) is 2. The second-order valence-electron chi connectivity index (χ2n) is 5.17. The Morgan fingerprint density at radius 2 is 2.00 bits per heavy atom. The highest BCUT2D eigenvalue weighted by molar-refractivity contribution is 5.91. The molecule has 106 valence electrons. The van der Waals surface area contributed by atoms with Crippen LogP contribution < -0.4 is 10.6 Å². The topological polar surface area (TPSA) is 58.9 Å². The Labute approximate surface area is 119 Å². The average Bonchev–Trinajstić information content (AvgIpc) is 2.88. The van der Waals surface area contributed by atoms with Crippen LogP contribution in [0.3, 0.4) is 0 Å². The minimum absolute atomic E-state index is 0.00611. The molecule has 1 aromatic carbocycles. The second-order valence-corrected chi connectivity index (χ2v) is 5.17. The molecule has 2 aromatic rings. The van der Waals surface area contributed by atoms with Gasteiger partial charge in [0.1, 0.15) is 6.04 Å². The molecule has 0 aliphatic heterocycles. The van der Waals surface area contributed by atoms with E-state index in [1.54, 1.807) is 6.26 Å². The van der Waals surface area contributed by atoms with Crippen LogP contribution in [0.1, 0.15) is 29.9 Å². The second kappa shape index (κ2) is 6.39. The lowest BCUT2D eigenvalue weighted by molar-refractivity contribution is -0.684. The van der Waals surface area contributed by atoms with E-state index in [2.05, 4.69) is 11.4 Å². The number of quaternary nitrogens is 1. The molecule has 1 heterocycles. The zero-order valence-corrected chi connectivity index (χ0v) is 12.1. The number of carbonyl (C=O) groups excluding carboxylic acids is 1. The number of carbonyl (C=O) groups is 1. The lowest BCUT2D eigenvalue weighted by Crippen LogP contribution is -2.86. The van der Waals surface area contributed by atoms with E-state index in [0.29, 0.717) is 6.54 Å². The van der Waals surface area contributed by atoms with Crippen LogP contribution in [0.2, 0.25) is 0 Å². The van der Waals surface area contributed by atoms with Crippen molar-refractivity contribution in [3.8, 4) is 0 Å².